The highest BCUT2D eigenvalue weighted by Crippen LogP contribution is 2.28. The lowest BCUT2D eigenvalue weighted by Gasteiger charge is -2.39. The predicted molar refractivity (Wildman–Crippen MR) is 123 cm³/mol. The number of carbonyl (C=O) groups excluding carboxylic acids is 3. The van der Waals surface area contributed by atoms with E-state index in [1.54, 1.807) is 4.90 Å². The molecule has 32 heavy (non-hydrogen) atoms. The molecule has 7 heteroatoms. The number of hydrogen-bond donors (Lipinski definition) is 1. The first-order valence-corrected chi connectivity index (χ1v) is 11.5. The standard InChI is InChI=1S/C25H38N2O5/c1-7-19(4)32-22(28)16-20-23(29)26-12-13-27(20)24(30)25(5,6)11-8-14-31-21-15-17(2)9-10-18(21)3/h9-10,15,19-20H,7-8,11-14,16H2,1-6H3,(H,26,29). The highest BCUT2D eigenvalue weighted by molar-refractivity contribution is 5.93. The minimum Gasteiger partial charge on any atom is -0.493 e. The molecule has 0 aliphatic carbocycles. The van der Waals surface area contributed by atoms with E-state index in [4.69, 9.17) is 9.47 Å². The van der Waals surface area contributed by atoms with Gasteiger partial charge >= 0.3 is 5.97 Å². The molecule has 7 nitrogen and oxygen atoms in total. The molecule has 1 N–H and O–H groups in total. The summed E-state index contributed by atoms with van der Waals surface area (Å²) in [4.78, 5) is 39.7. The van der Waals surface area contributed by atoms with Crippen molar-refractivity contribution in [2.24, 2.45) is 5.41 Å². The average molecular weight is 447 g/mol. The quantitative estimate of drug-likeness (QED) is 0.439. The highest BCUT2D eigenvalue weighted by Gasteiger charge is 2.40. The number of piperazine rings is 1. The number of amides is 2. The van der Waals surface area contributed by atoms with Crippen molar-refractivity contribution >= 4 is 17.8 Å². The number of rotatable bonds is 10. The molecular formula is C25H38N2O5. The Bertz CT molecular complexity index is 821. The summed E-state index contributed by atoms with van der Waals surface area (Å²) in [5.74, 6) is -0.0270. The fourth-order valence-electron chi connectivity index (χ4n) is 3.73. The molecule has 2 rings (SSSR count). The van der Waals surface area contributed by atoms with Crippen molar-refractivity contribution in [1.82, 2.24) is 10.2 Å². The van der Waals surface area contributed by atoms with E-state index in [9.17, 15) is 14.4 Å². The Balaban J connectivity index is 1.96. The van der Waals surface area contributed by atoms with E-state index >= 15 is 0 Å². The number of nitrogens with one attached hydrogen (secondary N) is 1. The van der Waals surface area contributed by atoms with Crippen molar-refractivity contribution in [2.75, 3.05) is 19.7 Å². The maximum Gasteiger partial charge on any atom is 0.308 e. The minimum atomic E-state index is -0.835. The van der Waals surface area contributed by atoms with Crippen LogP contribution >= 0.6 is 0 Å². The van der Waals surface area contributed by atoms with Gasteiger partial charge in [-0.2, -0.15) is 0 Å². The van der Waals surface area contributed by atoms with Gasteiger partial charge in [0.15, 0.2) is 0 Å². The summed E-state index contributed by atoms with van der Waals surface area (Å²) < 4.78 is 11.3. The van der Waals surface area contributed by atoms with Crippen LogP contribution in [0.2, 0.25) is 0 Å². The maximum atomic E-state index is 13.4. The van der Waals surface area contributed by atoms with Gasteiger partial charge in [-0.1, -0.05) is 32.9 Å². The van der Waals surface area contributed by atoms with Crippen LogP contribution in [0.3, 0.4) is 0 Å². The van der Waals surface area contributed by atoms with Gasteiger partial charge in [0.05, 0.1) is 19.1 Å². The molecular weight excluding hydrogens is 408 g/mol. The van der Waals surface area contributed by atoms with Gasteiger partial charge in [-0.3, -0.25) is 14.4 Å². The fraction of sp³-hybridized carbons (Fsp3) is 0.640. The molecule has 2 atom stereocenters. The zero-order valence-electron chi connectivity index (χ0n) is 20.3. The third-order valence-electron chi connectivity index (χ3n) is 5.99. The highest BCUT2D eigenvalue weighted by atomic mass is 16.5. The molecule has 0 saturated carbocycles. The largest absolute Gasteiger partial charge is 0.493 e. The normalized spacial score (nSPS) is 17.5. The number of carbonyl (C=O) groups is 3. The van der Waals surface area contributed by atoms with Crippen LogP contribution in [-0.4, -0.2) is 54.5 Å². The van der Waals surface area contributed by atoms with Gasteiger partial charge in [0.1, 0.15) is 11.8 Å². The summed E-state index contributed by atoms with van der Waals surface area (Å²) >= 11 is 0. The average Bonchev–Trinajstić information content (AvgIpc) is 2.74. The number of benzene rings is 1. The lowest BCUT2D eigenvalue weighted by atomic mass is 9.85. The number of aryl methyl sites for hydroxylation is 2. The Morgan fingerprint density at radius 1 is 1.28 bits per heavy atom. The van der Waals surface area contributed by atoms with Crippen molar-refractivity contribution in [1.29, 1.82) is 0 Å². The molecule has 178 valence electrons. The SMILES string of the molecule is CCC(C)OC(=O)CC1C(=O)NCCN1C(=O)C(C)(C)CCCOc1cc(C)ccc1C. The third kappa shape index (κ3) is 6.97. The van der Waals surface area contributed by atoms with E-state index in [1.165, 1.54) is 0 Å². The molecule has 2 unspecified atom stereocenters. The molecule has 1 aliphatic heterocycles. The lowest BCUT2D eigenvalue weighted by Crippen LogP contribution is -2.60. The molecule has 1 aliphatic rings. The van der Waals surface area contributed by atoms with Crippen molar-refractivity contribution in [2.45, 2.75) is 79.4 Å². The van der Waals surface area contributed by atoms with Crippen LogP contribution in [0.1, 0.15) is 64.5 Å². The third-order valence-corrected chi connectivity index (χ3v) is 5.99. The molecule has 0 spiro atoms. The molecule has 0 bridgehead atoms. The second kappa shape index (κ2) is 11.3. The first kappa shape index (κ1) is 25.7. The van der Waals surface area contributed by atoms with E-state index in [1.807, 2.05) is 59.7 Å². The minimum absolute atomic E-state index is 0.125. The van der Waals surface area contributed by atoms with E-state index < -0.39 is 17.4 Å². The monoisotopic (exact) mass is 446 g/mol. The van der Waals surface area contributed by atoms with Crippen LogP contribution in [0.4, 0.5) is 0 Å². The Kier molecular flexibility index (Phi) is 9.10. The van der Waals surface area contributed by atoms with E-state index in [-0.39, 0.29) is 24.3 Å². The van der Waals surface area contributed by atoms with Crippen molar-refractivity contribution in [3.8, 4) is 5.75 Å². The molecule has 0 aromatic heterocycles. The number of esters is 1. The van der Waals surface area contributed by atoms with Crippen LogP contribution in [0.15, 0.2) is 18.2 Å². The first-order valence-electron chi connectivity index (χ1n) is 11.5. The zero-order valence-corrected chi connectivity index (χ0v) is 20.3. The van der Waals surface area contributed by atoms with Crippen LogP contribution in [0, 0.1) is 19.3 Å². The maximum absolute atomic E-state index is 13.4. The Hall–Kier alpha value is -2.57. The molecule has 1 aromatic carbocycles. The van der Waals surface area contributed by atoms with Gasteiger partial charge in [0.25, 0.3) is 0 Å². The van der Waals surface area contributed by atoms with Gasteiger partial charge < -0.3 is 19.7 Å². The zero-order chi connectivity index (χ0) is 23.9. The molecule has 1 fully saturated rings. The molecule has 1 aromatic rings. The van der Waals surface area contributed by atoms with E-state index in [2.05, 4.69) is 5.32 Å². The van der Waals surface area contributed by atoms with Crippen LogP contribution in [0.5, 0.6) is 5.75 Å². The second-order valence-electron chi connectivity index (χ2n) is 9.32. The van der Waals surface area contributed by atoms with Gasteiger partial charge in [-0.15, -0.1) is 0 Å². The van der Waals surface area contributed by atoms with Gasteiger partial charge in [0.2, 0.25) is 11.8 Å². The van der Waals surface area contributed by atoms with Crippen molar-refractivity contribution < 1.29 is 23.9 Å². The van der Waals surface area contributed by atoms with Crippen LogP contribution < -0.4 is 10.1 Å². The van der Waals surface area contributed by atoms with E-state index in [0.29, 0.717) is 39.0 Å². The predicted octanol–water partition coefficient (Wildman–Crippen LogP) is 3.55. The molecule has 0 radical (unpaired) electrons. The first-order chi connectivity index (χ1) is 15.0. The Labute approximate surface area is 191 Å². The van der Waals surface area contributed by atoms with E-state index in [0.717, 1.165) is 16.9 Å². The number of hydrogen-bond acceptors (Lipinski definition) is 5. The Morgan fingerprint density at radius 2 is 2.00 bits per heavy atom. The van der Waals surface area contributed by atoms with Crippen LogP contribution in [-0.2, 0) is 19.1 Å². The topological polar surface area (TPSA) is 84.9 Å². The van der Waals surface area contributed by atoms with Crippen molar-refractivity contribution in [3.63, 3.8) is 0 Å². The summed E-state index contributed by atoms with van der Waals surface area (Å²) in [5, 5.41) is 2.76. The Morgan fingerprint density at radius 3 is 2.69 bits per heavy atom. The summed E-state index contributed by atoms with van der Waals surface area (Å²) in [6, 6.07) is 5.26. The van der Waals surface area contributed by atoms with Gasteiger partial charge in [0, 0.05) is 18.5 Å². The summed E-state index contributed by atoms with van der Waals surface area (Å²) in [5.41, 5.74) is 1.54. The van der Waals surface area contributed by atoms with Gasteiger partial charge in [-0.05, 0) is 57.2 Å². The van der Waals surface area contributed by atoms with Gasteiger partial charge in [-0.25, -0.2) is 0 Å². The molecule has 1 heterocycles. The molecule has 1 saturated heterocycles. The number of nitrogens with zero attached hydrogens (tertiary/aromatic N) is 1. The number of ether oxygens (including phenoxy) is 2. The lowest BCUT2D eigenvalue weighted by molar-refractivity contribution is -0.157. The summed E-state index contributed by atoms with van der Waals surface area (Å²) in [6.07, 6.45) is 1.66. The fourth-order valence-corrected chi connectivity index (χ4v) is 3.73. The second-order valence-corrected chi connectivity index (χ2v) is 9.32. The van der Waals surface area contributed by atoms with Crippen LogP contribution in [0.25, 0.3) is 0 Å². The summed E-state index contributed by atoms with van der Waals surface area (Å²) in [6.45, 7) is 12.8. The molecule has 2 amide bonds. The summed E-state index contributed by atoms with van der Waals surface area (Å²) in [7, 11) is 0. The smallest absolute Gasteiger partial charge is 0.308 e. The van der Waals surface area contributed by atoms with Crippen molar-refractivity contribution in [3.05, 3.63) is 29.3 Å².